The molecule has 6 heteroatoms. The fourth-order valence-electron chi connectivity index (χ4n) is 2.09. The number of carbonyl (C=O) groups is 1. The van der Waals surface area contributed by atoms with E-state index >= 15 is 0 Å². The van der Waals surface area contributed by atoms with E-state index in [4.69, 9.17) is 4.74 Å². The van der Waals surface area contributed by atoms with Gasteiger partial charge in [0.05, 0.1) is 13.3 Å². The summed E-state index contributed by atoms with van der Waals surface area (Å²) in [6.45, 7) is 1.91. The third-order valence-electron chi connectivity index (χ3n) is 3.45. The van der Waals surface area contributed by atoms with Gasteiger partial charge in [-0.05, 0) is 36.8 Å². The van der Waals surface area contributed by atoms with Crippen molar-refractivity contribution in [2.24, 2.45) is 5.10 Å². The molecule has 0 unspecified atom stereocenters. The lowest BCUT2D eigenvalue weighted by Gasteiger charge is -2.16. The van der Waals surface area contributed by atoms with Gasteiger partial charge in [-0.2, -0.15) is 5.10 Å². The van der Waals surface area contributed by atoms with Crippen LogP contribution in [0.4, 0.5) is 5.69 Å². The molecule has 0 spiro atoms. The maximum absolute atomic E-state index is 12.2. The summed E-state index contributed by atoms with van der Waals surface area (Å²) in [4.78, 5) is 12.2. The van der Waals surface area contributed by atoms with Gasteiger partial charge < -0.3 is 15.2 Å². The van der Waals surface area contributed by atoms with Crippen LogP contribution in [0.25, 0.3) is 0 Å². The largest absolute Gasteiger partial charge is 0.507 e. The van der Waals surface area contributed by atoms with Gasteiger partial charge in [0, 0.05) is 11.3 Å². The van der Waals surface area contributed by atoms with Crippen molar-refractivity contribution in [3.8, 4) is 11.5 Å². The number of hydrogen-bond acceptors (Lipinski definition) is 5. The summed E-state index contributed by atoms with van der Waals surface area (Å²) >= 11 is 0. The van der Waals surface area contributed by atoms with Crippen molar-refractivity contribution in [1.82, 2.24) is 5.43 Å². The van der Waals surface area contributed by atoms with E-state index in [1.807, 2.05) is 37.3 Å². The maximum Gasteiger partial charge on any atom is 0.262 e. The zero-order valence-corrected chi connectivity index (χ0v) is 13.7. The lowest BCUT2D eigenvalue weighted by Crippen LogP contribution is -2.36. The fourth-order valence-corrected chi connectivity index (χ4v) is 2.09. The number of phenols is 1. The minimum absolute atomic E-state index is 0.0586. The highest BCUT2D eigenvalue weighted by Gasteiger charge is 2.15. The van der Waals surface area contributed by atoms with E-state index < -0.39 is 6.04 Å². The molecule has 0 aliphatic rings. The smallest absolute Gasteiger partial charge is 0.262 e. The van der Waals surface area contributed by atoms with E-state index in [2.05, 4.69) is 15.8 Å². The van der Waals surface area contributed by atoms with E-state index in [1.54, 1.807) is 12.1 Å². The summed E-state index contributed by atoms with van der Waals surface area (Å²) in [5.41, 5.74) is 3.81. The zero-order valence-electron chi connectivity index (χ0n) is 13.7. The van der Waals surface area contributed by atoms with Crippen molar-refractivity contribution >= 4 is 17.8 Å². The number of ether oxygens (including phenoxy) is 1. The summed E-state index contributed by atoms with van der Waals surface area (Å²) in [6.07, 6.45) is 1.99. The lowest BCUT2D eigenvalue weighted by molar-refractivity contribution is -0.121. The van der Waals surface area contributed by atoms with Crippen molar-refractivity contribution in [3.05, 3.63) is 54.1 Å². The van der Waals surface area contributed by atoms with Crippen molar-refractivity contribution in [2.45, 2.75) is 19.4 Å². The molecular weight excluding hydrogens is 306 g/mol. The lowest BCUT2D eigenvalue weighted by atomic mass is 10.2. The van der Waals surface area contributed by atoms with Crippen LogP contribution in [0.1, 0.15) is 18.9 Å². The fraction of sp³-hybridized carbons (Fsp3) is 0.222. The van der Waals surface area contributed by atoms with Crippen LogP contribution >= 0.6 is 0 Å². The molecule has 0 saturated heterocycles. The molecule has 0 fully saturated rings. The van der Waals surface area contributed by atoms with Crippen LogP contribution in [0.15, 0.2) is 53.6 Å². The number of anilines is 1. The number of benzene rings is 2. The van der Waals surface area contributed by atoms with Crippen LogP contribution in [-0.4, -0.2) is 30.4 Å². The first-order valence-electron chi connectivity index (χ1n) is 7.65. The molecule has 0 saturated carbocycles. The zero-order chi connectivity index (χ0) is 17.4. The second-order valence-electron chi connectivity index (χ2n) is 5.13. The molecule has 0 aliphatic heterocycles. The molecule has 24 heavy (non-hydrogen) atoms. The van der Waals surface area contributed by atoms with Crippen molar-refractivity contribution in [1.29, 1.82) is 0 Å². The van der Waals surface area contributed by atoms with E-state index in [0.717, 1.165) is 5.69 Å². The van der Waals surface area contributed by atoms with Gasteiger partial charge in [0.25, 0.3) is 5.91 Å². The molecule has 0 bridgehead atoms. The minimum Gasteiger partial charge on any atom is -0.507 e. The van der Waals surface area contributed by atoms with Gasteiger partial charge in [-0.15, -0.1) is 0 Å². The molecule has 0 aliphatic carbocycles. The van der Waals surface area contributed by atoms with Crippen LogP contribution in [0.3, 0.4) is 0 Å². The second kappa shape index (κ2) is 8.57. The minimum atomic E-state index is -0.400. The van der Waals surface area contributed by atoms with Gasteiger partial charge in [0.1, 0.15) is 17.5 Å². The summed E-state index contributed by atoms with van der Waals surface area (Å²) in [5.74, 6) is 0.404. The van der Waals surface area contributed by atoms with Gasteiger partial charge in [-0.25, -0.2) is 5.43 Å². The molecule has 1 atom stereocenters. The summed E-state index contributed by atoms with van der Waals surface area (Å²) < 4.78 is 5.09. The number of hydrazone groups is 1. The van der Waals surface area contributed by atoms with E-state index in [0.29, 0.717) is 17.7 Å². The molecule has 2 aromatic rings. The van der Waals surface area contributed by atoms with Crippen LogP contribution < -0.4 is 15.5 Å². The molecule has 0 radical (unpaired) electrons. The van der Waals surface area contributed by atoms with Crippen LogP contribution in [0, 0.1) is 0 Å². The average Bonchev–Trinajstić information content (AvgIpc) is 2.62. The number of amides is 1. The van der Waals surface area contributed by atoms with Crippen LogP contribution in [0.2, 0.25) is 0 Å². The molecule has 2 rings (SSSR count). The molecule has 6 nitrogen and oxygen atoms in total. The first-order valence-corrected chi connectivity index (χ1v) is 7.65. The van der Waals surface area contributed by atoms with Crippen molar-refractivity contribution in [3.63, 3.8) is 0 Å². The van der Waals surface area contributed by atoms with Gasteiger partial charge in [0.15, 0.2) is 0 Å². The molecule has 2 aromatic carbocycles. The topological polar surface area (TPSA) is 83.0 Å². The first-order chi connectivity index (χ1) is 11.6. The van der Waals surface area contributed by atoms with Gasteiger partial charge in [-0.3, -0.25) is 4.79 Å². The predicted octanol–water partition coefficient (Wildman–Crippen LogP) is 2.74. The summed E-state index contributed by atoms with van der Waals surface area (Å²) in [6, 6.07) is 13.9. The van der Waals surface area contributed by atoms with Crippen molar-refractivity contribution in [2.75, 3.05) is 12.4 Å². The van der Waals surface area contributed by atoms with Gasteiger partial charge in [-0.1, -0.05) is 25.1 Å². The molecule has 0 heterocycles. The number of rotatable bonds is 7. The maximum atomic E-state index is 12.2. The molecule has 3 N–H and O–H groups in total. The normalized spacial score (nSPS) is 11.9. The highest BCUT2D eigenvalue weighted by Crippen LogP contribution is 2.20. The Kier molecular flexibility index (Phi) is 6.19. The Balaban J connectivity index is 1.98. The van der Waals surface area contributed by atoms with Gasteiger partial charge >= 0.3 is 0 Å². The number of nitrogens with zero attached hydrogens (tertiary/aromatic N) is 1. The highest BCUT2D eigenvalue weighted by molar-refractivity contribution is 5.88. The third-order valence-corrected chi connectivity index (χ3v) is 3.45. The van der Waals surface area contributed by atoms with Gasteiger partial charge in [0.2, 0.25) is 0 Å². The number of aromatic hydroxyl groups is 1. The Bertz CT molecular complexity index is 702. The monoisotopic (exact) mass is 327 g/mol. The van der Waals surface area contributed by atoms with Crippen molar-refractivity contribution < 1.29 is 14.6 Å². The van der Waals surface area contributed by atoms with E-state index in [1.165, 1.54) is 19.4 Å². The SMILES string of the molecule is CC[C@H](Nc1ccccc1)C(=O)N/N=C\c1cc(OC)ccc1O. The Hall–Kier alpha value is -3.02. The van der Waals surface area contributed by atoms with E-state index in [-0.39, 0.29) is 11.7 Å². The predicted molar refractivity (Wildman–Crippen MR) is 94.5 cm³/mol. The Morgan fingerprint density at radius 3 is 2.71 bits per heavy atom. The number of carbonyl (C=O) groups excluding carboxylic acids is 1. The molecule has 126 valence electrons. The Morgan fingerprint density at radius 1 is 1.29 bits per heavy atom. The first kappa shape index (κ1) is 17.3. The second-order valence-corrected chi connectivity index (χ2v) is 5.13. The molecule has 0 aromatic heterocycles. The molecular formula is C18H21N3O3. The average molecular weight is 327 g/mol. The number of phenolic OH excluding ortho intramolecular Hbond substituents is 1. The standard InChI is InChI=1S/C18H21N3O3/c1-3-16(20-14-7-5-4-6-8-14)18(23)21-19-12-13-11-15(24-2)9-10-17(13)22/h4-12,16,20,22H,3H2,1-2H3,(H,21,23)/b19-12-/t16-/m0/s1. The highest BCUT2D eigenvalue weighted by atomic mass is 16.5. The summed E-state index contributed by atoms with van der Waals surface area (Å²) in [7, 11) is 1.54. The Morgan fingerprint density at radius 2 is 2.04 bits per heavy atom. The van der Waals surface area contributed by atoms with Crippen LogP contribution in [0.5, 0.6) is 11.5 Å². The quantitative estimate of drug-likeness (QED) is 0.539. The van der Waals surface area contributed by atoms with Crippen LogP contribution in [-0.2, 0) is 4.79 Å². The summed E-state index contributed by atoms with van der Waals surface area (Å²) in [5, 5.41) is 16.8. The number of nitrogens with one attached hydrogen (secondary N) is 2. The molecule has 1 amide bonds. The Labute approximate surface area is 141 Å². The number of methoxy groups -OCH3 is 1. The third kappa shape index (κ3) is 4.74. The number of para-hydroxylation sites is 1. The van der Waals surface area contributed by atoms with E-state index in [9.17, 15) is 9.90 Å². The number of hydrogen-bond donors (Lipinski definition) is 3.